The van der Waals surface area contributed by atoms with Gasteiger partial charge in [-0.25, -0.2) is 13.3 Å². The number of pyridine rings is 1. The zero-order chi connectivity index (χ0) is 14.6. The second-order valence-corrected chi connectivity index (χ2v) is 7.22. The molecule has 3 N–H and O–H groups in total. The standard InChI is InChI=1S/C12H19N3O4S/c13-11-9-14-4-1-12(11)15-5-2-10(3-6-15)20(17,18)8-7-19-16/h1,4,9-10,16H,2-3,5-8,13H2. The van der Waals surface area contributed by atoms with E-state index in [1.807, 2.05) is 6.07 Å². The molecule has 1 aromatic heterocycles. The highest BCUT2D eigenvalue weighted by Crippen LogP contribution is 2.27. The SMILES string of the molecule is Nc1cnccc1N1CCC(S(=O)(=O)CCOO)CC1. The third-order valence-corrected chi connectivity index (χ3v) is 5.80. The van der Waals surface area contributed by atoms with E-state index in [4.69, 9.17) is 11.0 Å². The van der Waals surface area contributed by atoms with Crippen molar-refractivity contribution >= 4 is 21.2 Å². The fourth-order valence-corrected chi connectivity index (χ4v) is 4.03. The molecule has 0 saturated carbocycles. The van der Waals surface area contributed by atoms with Crippen LogP contribution in [0.15, 0.2) is 18.5 Å². The van der Waals surface area contributed by atoms with Gasteiger partial charge in [0.25, 0.3) is 0 Å². The monoisotopic (exact) mass is 301 g/mol. The lowest BCUT2D eigenvalue weighted by Gasteiger charge is -2.33. The number of rotatable bonds is 5. The summed E-state index contributed by atoms with van der Waals surface area (Å²) in [6, 6.07) is 1.84. The number of anilines is 2. The minimum atomic E-state index is -3.22. The van der Waals surface area contributed by atoms with Crippen molar-refractivity contribution in [1.82, 2.24) is 4.98 Å². The molecule has 1 aliphatic rings. The first kappa shape index (κ1) is 15.0. The fraction of sp³-hybridized carbons (Fsp3) is 0.583. The molecule has 0 radical (unpaired) electrons. The van der Waals surface area contributed by atoms with Crippen LogP contribution in [0.5, 0.6) is 0 Å². The molecular weight excluding hydrogens is 282 g/mol. The summed E-state index contributed by atoms with van der Waals surface area (Å²) in [7, 11) is -3.22. The molecule has 8 heteroatoms. The first-order valence-corrected chi connectivity index (χ1v) is 8.18. The second-order valence-electron chi connectivity index (χ2n) is 4.82. The van der Waals surface area contributed by atoms with Crippen molar-refractivity contribution in [1.29, 1.82) is 0 Å². The molecule has 0 bridgehead atoms. The summed E-state index contributed by atoms with van der Waals surface area (Å²) in [5.41, 5.74) is 7.37. The van der Waals surface area contributed by atoms with Gasteiger partial charge in [-0.15, -0.1) is 0 Å². The Morgan fingerprint density at radius 3 is 2.75 bits per heavy atom. The van der Waals surface area contributed by atoms with Crippen molar-refractivity contribution in [2.24, 2.45) is 0 Å². The maximum atomic E-state index is 12.0. The number of nitrogens with two attached hydrogens (primary N) is 1. The molecule has 2 heterocycles. The van der Waals surface area contributed by atoms with E-state index in [-0.39, 0.29) is 17.6 Å². The van der Waals surface area contributed by atoms with Crippen LogP contribution in [0.4, 0.5) is 11.4 Å². The summed E-state index contributed by atoms with van der Waals surface area (Å²) in [4.78, 5) is 9.88. The molecule has 1 saturated heterocycles. The molecule has 1 fully saturated rings. The van der Waals surface area contributed by atoms with Gasteiger partial charge in [0.2, 0.25) is 0 Å². The quantitative estimate of drug-likeness (QED) is 0.604. The highest BCUT2D eigenvalue weighted by atomic mass is 32.2. The van der Waals surface area contributed by atoms with Crippen LogP contribution in [-0.4, -0.2) is 49.4 Å². The molecular formula is C12H19N3O4S. The summed E-state index contributed by atoms with van der Waals surface area (Å²) in [6.45, 7) is 1.09. The molecule has 2 rings (SSSR count). The normalized spacial score (nSPS) is 17.4. The molecule has 0 aromatic carbocycles. The van der Waals surface area contributed by atoms with Crippen molar-refractivity contribution in [3.8, 4) is 0 Å². The zero-order valence-corrected chi connectivity index (χ0v) is 11.9. The van der Waals surface area contributed by atoms with Crippen LogP contribution in [0.1, 0.15) is 12.8 Å². The largest absolute Gasteiger partial charge is 0.396 e. The predicted octanol–water partition coefficient (Wildman–Crippen LogP) is 0.537. The first-order chi connectivity index (χ1) is 9.54. The smallest absolute Gasteiger partial charge is 0.155 e. The summed E-state index contributed by atoms with van der Waals surface area (Å²) < 4.78 is 24.0. The van der Waals surface area contributed by atoms with E-state index in [9.17, 15) is 8.42 Å². The van der Waals surface area contributed by atoms with Crippen LogP contribution in [0, 0.1) is 0 Å². The Labute approximate surface area is 118 Å². The lowest BCUT2D eigenvalue weighted by atomic mass is 10.1. The maximum Gasteiger partial charge on any atom is 0.155 e. The van der Waals surface area contributed by atoms with Crippen molar-refractivity contribution in [2.45, 2.75) is 18.1 Å². The van der Waals surface area contributed by atoms with Gasteiger partial charge >= 0.3 is 0 Å². The Kier molecular flexibility index (Phi) is 4.79. The van der Waals surface area contributed by atoms with Crippen molar-refractivity contribution < 1.29 is 18.6 Å². The molecule has 20 heavy (non-hydrogen) atoms. The highest BCUT2D eigenvalue weighted by molar-refractivity contribution is 7.92. The molecule has 7 nitrogen and oxygen atoms in total. The van der Waals surface area contributed by atoms with E-state index in [1.165, 1.54) is 0 Å². The summed E-state index contributed by atoms with van der Waals surface area (Å²) >= 11 is 0. The Morgan fingerprint density at radius 2 is 2.15 bits per heavy atom. The third kappa shape index (κ3) is 3.38. The lowest BCUT2D eigenvalue weighted by molar-refractivity contribution is -0.237. The number of nitrogen functional groups attached to an aromatic ring is 1. The molecule has 112 valence electrons. The van der Waals surface area contributed by atoms with Gasteiger partial charge in [-0.2, -0.15) is 0 Å². The van der Waals surface area contributed by atoms with Crippen molar-refractivity contribution in [3.63, 3.8) is 0 Å². The van der Waals surface area contributed by atoms with Crippen LogP contribution in [0.3, 0.4) is 0 Å². The van der Waals surface area contributed by atoms with Gasteiger partial charge in [-0.05, 0) is 18.9 Å². The number of nitrogens with zero attached hydrogens (tertiary/aromatic N) is 2. The van der Waals surface area contributed by atoms with Crippen LogP contribution in [0.2, 0.25) is 0 Å². The number of aromatic nitrogens is 1. The van der Waals surface area contributed by atoms with Crippen LogP contribution >= 0.6 is 0 Å². The Balaban J connectivity index is 1.98. The Morgan fingerprint density at radius 1 is 1.45 bits per heavy atom. The minimum Gasteiger partial charge on any atom is -0.396 e. The summed E-state index contributed by atoms with van der Waals surface area (Å²) in [5.74, 6) is -0.147. The Hall–Kier alpha value is -1.38. The van der Waals surface area contributed by atoms with Gasteiger partial charge < -0.3 is 10.6 Å². The third-order valence-electron chi connectivity index (χ3n) is 3.58. The van der Waals surface area contributed by atoms with E-state index in [0.717, 1.165) is 5.69 Å². The summed E-state index contributed by atoms with van der Waals surface area (Å²) in [6.07, 6.45) is 4.37. The average Bonchev–Trinajstić information content (AvgIpc) is 2.46. The summed E-state index contributed by atoms with van der Waals surface area (Å²) in [5, 5.41) is 7.88. The Bertz CT molecular complexity index is 541. The van der Waals surface area contributed by atoms with Gasteiger partial charge in [0.1, 0.15) is 0 Å². The molecule has 0 unspecified atom stereocenters. The number of sulfone groups is 1. The first-order valence-electron chi connectivity index (χ1n) is 6.47. The molecule has 1 aromatic rings. The minimum absolute atomic E-state index is 0.147. The van der Waals surface area contributed by atoms with E-state index < -0.39 is 9.84 Å². The second kappa shape index (κ2) is 6.38. The van der Waals surface area contributed by atoms with Gasteiger partial charge in [0, 0.05) is 19.3 Å². The van der Waals surface area contributed by atoms with E-state index in [2.05, 4.69) is 14.8 Å². The molecule has 0 spiro atoms. The van der Waals surface area contributed by atoms with Gasteiger partial charge in [0.05, 0.1) is 35.2 Å². The fourth-order valence-electron chi connectivity index (χ4n) is 2.46. The predicted molar refractivity (Wildman–Crippen MR) is 76.3 cm³/mol. The maximum absolute atomic E-state index is 12.0. The van der Waals surface area contributed by atoms with Crippen molar-refractivity contribution in [3.05, 3.63) is 18.5 Å². The van der Waals surface area contributed by atoms with Gasteiger partial charge in [-0.3, -0.25) is 10.2 Å². The highest BCUT2D eigenvalue weighted by Gasteiger charge is 2.30. The van der Waals surface area contributed by atoms with E-state index in [1.54, 1.807) is 12.4 Å². The number of piperidine rings is 1. The van der Waals surface area contributed by atoms with Crippen LogP contribution in [-0.2, 0) is 14.7 Å². The van der Waals surface area contributed by atoms with E-state index in [0.29, 0.717) is 31.6 Å². The van der Waals surface area contributed by atoms with E-state index >= 15 is 0 Å². The average molecular weight is 301 g/mol. The molecule has 0 aliphatic carbocycles. The van der Waals surface area contributed by atoms with Crippen LogP contribution in [0.25, 0.3) is 0 Å². The lowest BCUT2D eigenvalue weighted by Crippen LogP contribution is -2.40. The number of hydrogen-bond acceptors (Lipinski definition) is 7. The molecule has 0 atom stereocenters. The van der Waals surface area contributed by atoms with Crippen molar-refractivity contribution in [2.75, 3.05) is 36.1 Å². The zero-order valence-electron chi connectivity index (χ0n) is 11.1. The number of hydrogen-bond donors (Lipinski definition) is 2. The molecule has 0 amide bonds. The van der Waals surface area contributed by atoms with Gasteiger partial charge in [0.15, 0.2) is 9.84 Å². The van der Waals surface area contributed by atoms with Crippen LogP contribution < -0.4 is 10.6 Å². The molecule has 1 aliphatic heterocycles. The topological polar surface area (TPSA) is 106 Å². The van der Waals surface area contributed by atoms with Gasteiger partial charge in [-0.1, -0.05) is 0 Å².